The number of nitrogens with one attached hydrogen (secondary N) is 1. The van der Waals surface area contributed by atoms with E-state index in [2.05, 4.69) is 39.1 Å². The van der Waals surface area contributed by atoms with Crippen LogP contribution in [-0.2, 0) is 19.5 Å². The zero-order valence-electron chi connectivity index (χ0n) is 21.7. The molecule has 0 radical (unpaired) electrons. The Balaban J connectivity index is 1.30. The molecule has 1 aliphatic rings. The minimum Gasteiger partial charge on any atom is -0.334 e. The van der Waals surface area contributed by atoms with Crippen molar-refractivity contribution >= 4 is 39.6 Å². The Morgan fingerprint density at radius 2 is 1.95 bits per heavy atom. The molecule has 1 aromatic carbocycles. The molecule has 1 aliphatic heterocycles. The second-order valence-electron chi connectivity index (χ2n) is 9.43. The predicted molar refractivity (Wildman–Crippen MR) is 152 cm³/mol. The van der Waals surface area contributed by atoms with E-state index in [1.54, 1.807) is 29.8 Å². The Labute approximate surface area is 230 Å². The summed E-state index contributed by atoms with van der Waals surface area (Å²) >= 11 is 2.94. The molecule has 38 heavy (non-hydrogen) atoms. The van der Waals surface area contributed by atoms with Crippen LogP contribution in [0.4, 0.5) is 5.13 Å². The number of aryl methyl sites for hydroxylation is 1. The number of nitrogens with zero attached hydrogens (tertiary/aromatic N) is 5. The first-order valence-electron chi connectivity index (χ1n) is 12.7. The highest BCUT2D eigenvalue weighted by molar-refractivity contribution is 7.17. The fourth-order valence-corrected chi connectivity index (χ4v) is 6.58. The molecule has 10 heteroatoms. The molecule has 0 bridgehead atoms. The fraction of sp³-hybridized carbons (Fsp3) is 0.321. The zero-order chi connectivity index (χ0) is 26.6. The van der Waals surface area contributed by atoms with Gasteiger partial charge < -0.3 is 9.80 Å². The van der Waals surface area contributed by atoms with Crippen LogP contribution in [0.25, 0.3) is 10.6 Å². The summed E-state index contributed by atoms with van der Waals surface area (Å²) in [5.41, 5.74) is 4.19. The van der Waals surface area contributed by atoms with Crippen molar-refractivity contribution in [2.75, 3.05) is 25.5 Å². The lowest BCUT2D eigenvalue weighted by atomic mass is 10.1. The lowest BCUT2D eigenvalue weighted by molar-refractivity contribution is 0.0747. The second-order valence-corrected chi connectivity index (χ2v) is 11.5. The summed E-state index contributed by atoms with van der Waals surface area (Å²) in [6.07, 6.45) is 5.17. The molecule has 8 nitrogen and oxygen atoms in total. The summed E-state index contributed by atoms with van der Waals surface area (Å²) in [6, 6.07) is 11.3. The van der Waals surface area contributed by atoms with Crippen LogP contribution in [0.5, 0.6) is 0 Å². The Hall–Kier alpha value is -3.47. The van der Waals surface area contributed by atoms with Gasteiger partial charge >= 0.3 is 0 Å². The summed E-state index contributed by atoms with van der Waals surface area (Å²) < 4.78 is 0. The van der Waals surface area contributed by atoms with Crippen LogP contribution in [0.3, 0.4) is 0 Å². The molecule has 0 atom stereocenters. The van der Waals surface area contributed by atoms with Gasteiger partial charge in [0.25, 0.3) is 11.8 Å². The van der Waals surface area contributed by atoms with Crippen LogP contribution in [0.15, 0.2) is 48.8 Å². The van der Waals surface area contributed by atoms with Gasteiger partial charge in [-0.1, -0.05) is 19.1 Å². The van der Waals surface area contributed by atoms with Crippen LogP contribution in [0.2, 0.25) is 0 Å². The molecule has 3 aromatic heterocycles. The standard InChI is InChI=1S/C28H30N6O2S2/c1-4-13-34(27(36)24-18(2)30-26(38-24)20-8-11-29-12-9-20)16-19-6-5-7-21(15-19)25(35)32-28-31-22-10-14-33(3)17-23(22)37-28/h5-9,11-12,15H,4,10,13-14,16-17H2,1-3H3,(H,31,32,35). The monoisotopic (exact) mass is 546 g/mol. The number of likely N-dealkylation sites (N-methyl/N-ethyl adjacent to an activating group) is 1. The molecule has 196 valence electrons. The van der Waals surface area contributed by atoms with Gasteiger partial charge in [0.2, 0.25) is 0 Å². The molecule has 4 aromatic rings. The maximum Gasteiger partial charge on any atom is 0.266 e. The van der Waals surface area contributed by atoms with E-state index in [0.717, 1.165) is 53.5 Å². The largest absolute Gasteiger partial charge is 0.334 e. The van der Waals surface area contributed by atoms with Gasteiger partial charge in [-0.05, 0) is 50.2 Å². The molecule has 0 unspecified atom stereocenters. The lowest BCUT2D eigenvalue weighted by Crippen LogP contribution is -2.31. The highest BCUT2D eigenvalue weighted by atomic mass is 32.1. The summed E-state index contributed by atoms with van der Waals surface area (Å²) in [6.45, 7) is 6.79. The van der Waals surface area contributed by atoms with E-state index in [-0.39, 0.29) is 11.8 Å². The van der Waals surface area contributed by atoms with Crippen LogP contribution < -0.4 is 5.32 Å². The highest BCUT2D eigenvalue weighted by Gasteiger charge is 2.23. The number of benzene rings is 1. The van der Waals surface area contributed by atoms with E-state index in [9.17, 15) is 9.59 Å². The molecule has 2 amide bonds. The van der Waals surface area contributed by atoms with E-state index in [4.69, 9.17) is 0 Å². The first-order valence-corrected chi connectivity index (χ1v) is 14.3. The van der Waals surface area contributed by atoms with Crippen molar-refractivity contribution in [2.45, 2.75) is 39.8 Å². The third-order valence-corrected chi connectivity index (χ3v) is 8.60. The molecule has 0 saturated carbocycles. The van der Waals surface area contributed by atoms with Crippen LogP contribution in [0.1, 0.15) is 55.2 Å². The molecule has 0 aliphatic carbocycles. The maximum absolute atomic E-state index is 13.6. The Bertz CT molecular complexity index is 1450. The zero-order valence-corrected chi connectivity index (χ0v) is 23.4. The SMILES string of the molecule is CCCN(Cc1cccc(C(=O)Nc2nc3c(s2)CN(C)CC3)c1)C(=O)c1sc(-c2ccncc2)nc1C. The molecule has 4 heterocycles. The third-order valence-electron chi connectivity index (χ3n) is 6.40. The summed E-state index contributed by atoms with van der Waals surface area (Å²) in [7, 11) is 2.09. The summed E-state index contributed by atoms with van der Waals surface area (Å²) in [5, 5.41) is 4.41. The molecule has 0 spiro atoms. The van der Waals surface area contributed by atoms with E-state index in [1.165, 1.54) is 16.2 Å². The molecular weight excluding hydrogens is 516 g/mol. The van der Waals surface area contributed by atoms with E-state index >= 15 is 0 Å². The minimum atomic E-state index is -0.194. The Morgan fingerprint density at radius 1 is 1.13 bits per heavy atom. The first-order chi connectivity index (χ1) is 18.4. The molecule has 1 N–H and O–H groups in total. The van der Waals surface area contributed by atoms with E-state index in [0.29, 0.717) is 28.7 Å². The molecule has 5 rings (SSSR count). The lowest BCUT2D eigenvalue weighted by Gasteiger charge is -2.22. The number of carbonyl (C=O) groups is 2. The normalized spacial score (nSPS) is 13.2. The van der Waals surface area contributed by atoms with Crippen molar-refractivity contribution in [3.05, 3.63) is 81.1 Å². The average molecular weight is 547 g/mol. The van der Waals surface area contributed by atoms with Gasteiger partial charge in [0.05, 0.1) is 11.4 Å². The number of pyridine rings is 1. The number of rotatable bonds is 8. The third kappa shape index (κ3) is 5.82. The number of aromatic nitrogens is 3. The van der Waals surface area contributed by atoms with Gasteiger partial charge in [-0.2, -0.15) is 0 Å². The smallest absolute Gasteiger partial charge is 0.266 e. The quantitative estimate of drug-likeness (QED) is 0.324. The van der Waals surface area contributed by atoms with E-state index < -0.39 is 0 Å². The molecule has 0 saturated heterocycles. The summed E-state index contributed by atoms with van der Waals surface area (Å²) in [4.78, 5) is 45.9. The van der Waals surface area contributed by atoms with Crippen molar-refractivity contribution in [1.29, 1.82) is 0 Å². The fourth-order valence-electron chi connectivity index (χ4n) is 4.46. The van der Waals surface area contributed by atoms with Crippen molar-refractivity contribution in [1.82, 2.24) is 24.8 Å². The van der Waals surface area contributed by atoms with Crippen molar-refractivity contribution < 1.29 is 9.59 Å². The number of fused-ring (bicyclic) bond motifs is 1. The van der Waals surface area contributed by atoms with Crippen LogP contribution >= 0.6 is 22.7 Å². The Kier molecular flexibility index (Phi) is 7.92. The number of amides is 2. The average Bonchev–Trinajstić information content (AvgIpc) is 3.51. The molecular formula is C28H30N6O2S2. The minimum absolute atomic E-state index is 0.0460. The number of hydrogen-bond donors (Lipinski definition) is 1. The van der Waals surface area contributed by atoms with Crippen molar-refractivity contribution in [3.63, 3.8) is 0 Å². The predicted octanol–water partition coefficient (Wildman–Crippen LogP) is 5.26. The number of anilines is 1. The number of thiazole rings is 2. The van der Waals surface area contributed by atoms with Gasteiger partial charge in [0, 0.05) is 61.0 Å². The number of hydrogen-bond acceptors (Lipinski definition) is 8. The van der Waals surface area contributed by atoms with Gasteiger partial charge in [-0.25, -0.2) is 9.97 Å². The van der Waals surface area contributed by atoms with Gasteiger partial charge in [0.15, 0.2) is 5.13 Å². The van der Waals surface area contributed by atoms with Crippen molar-refractivity contribution in [3.8, 4) is 10.6 Å². The summed E-state index contributed by atoms with van der Waals surface area (Å²) in [5.74, 6) is -0.240. The van der Waals surface area contributed by atoms with Gasteiger partial charge in [0.1, 0.15) is 9.88 Å². The van der Waals surface area contributed by atoms with Crippen LogP contribution in [-0.4, -0.2) is 56.7 Å². The highest BCUT2D eigenvalue weighted by Crippen LogP contribution is 2.30. The maximum atomic E-state index is 13.6. The second kappa shape index (κ2) is 11.5. The van der Waals surface area contributed by atoms with Crippen molar-refractivity contribution in [2.24, 2.45) is 0 Å². The van der Waals surface area contributed by atoms with E-state index in [1.807, 2.05) is 42.2 Å². The topological polar surface area (TPSA) is 91.3 Å². The van der Waals surface area contributed by atoms with Crippen LogP contribution in [0, 0.1) is 6.92 Å². The number of carbonyl (C=O) groups excluding carboxylic acids is 2. The first kappa shape index (κ1) is 26.1. The molecule has 0 fully saturated rings. The van der Waals surface area contributed by atoms with Gasteiger partial charge in [-0.3, -0.25) is 19.9 Å². The van der Waals surface area contributed by atoms with Gasteiger partial charge in [-0.15, -0.1) is 22.7 Å². The Morgan fingerprint density at radius 3 is 2.74 bits per heavy atom.